The van der Waals surface area contributed by atoms with Crippen LogP contribution in [0.1, 0.15) is 11.1 Å². The number of benzene rings is 2. The van der Waals surface area contributed by atoms with E-state index in [2.05, 4.69) is 25.9 Å². The summed E-state index contributed by atoms with van der Waals surface area (Å²) in [6.07, 6.45) is 3.37. The molecule has 11 heteroatoms. The summed E-state index contributed by atoms with van der Waals surface area (Å²) in [5.41, 5.74) is 6.40. The molecular weight excluding hydrogens is 438 g/mol. The Bertz CT molecular complexity index is 1300. The third kappa shape index (κ3) is 4.30. The maximum absolute atomic E-state index is 10.8. The van der Waals surface area contributed by atoms with Crippen LogP contribution < -0.4 is 16.0 Å². The average molecular weight is 455 g/mol. The van der Waals surface area contributed by atoms with Gasteiger partial charge in [0, 0.05) is 41.3 Å². The Hall–Kier alpha value is -5.06. The second kappa shape index (κ2) is 8.47. The predicted octanol–water partition coefficient (Wildman–Crippen LogP) is 5.43. The quantitative estimate of drug-likeness (QED) is 0.225. The zero-order chi connectivity index (χ0) is 23.7. The standard InChI is InChI=1S/C23H17N7O4/c31-29(32)19-5-7-22(24-13-19)27-17-2-1-14-9-15-10-16(3-6-20(15)28-21(14)11-17)26-18-4-8-23(25-12-18)30(33)34/h1-8,10-13,26,28H,9H2,(H,24,27). The van der Waals surface area contributed by atoms with Crippen LogP contribution in [-0.4, -0.2) is 19.8 Å². The zero-order valence-electron chi connectivity index (χ0n) is 17.6. The Morgan fingerprint density at radius 2 is 1.53 bits per heavy atom. The lowest BCUT2D eigenvalue weighted by molar-refractivity contribution is -0.389. The minimum Gasteiger partial charge on any atom is -0.358 e. The van der Waals surface area contributed by atoms with Crippen LogP contribution in [0.4, 0.5) is 45.8 Å². The molecule has 2 aromatic heterocycles. The number of pyridine rings is 2. The van der Waals surface area contributed by atoms with Gasteiger partial charge in [-0.2, -0.15) is 0 Å². The van der Waals surface area contributed by atoms with Crippen molar-refractivity contribution in [2.24, 2.45) is 0 Å². The number of nitrogens with one attached hydrogen (secondary N) is 3. The third-order valence-electron chi connectivity index (χ3n) is 5.32. The summed E-state index contributed by atoms with van der Waals surface area (Å²) < 4.78 is 0. The van der Waals surface area contributed by atoms with E-state index in [0.29, 0.717) is 11.5 Å². The van der Waals surface area contributed by atoms with Crippen molar-refractivity contribution in [3.8, 4) is 0 Å². The van der Waals surface area contributed by atoms with Crippen LogP contribution in [0.15, 0.2) is 73.1 Å². The van der Waals surface area contributed by atoms with E-state index >= 15 is 0 Å². The molecule has 0 atom stereocenters. The molecule has 3 N–H and O–H groups in total. The lowest BCUT2D eigenvalue weighted by atomic mass is 9.96. The summed E-state index contributed by atoms with van der Waals surface area (Å²) in [5.74, 6) is 0.313. The summed E-state index contributed by atoms with van der Waals surface area (Å²) >= 11 is 0. The molecule has 4 aromatic rings. The molecule has 0 unspecified atom stereocenters. The Balaban J connectivity index is 1.30. The van der Waals surface area contributed by atoms with Crippen molar-refractivity contribution in [1.82, 2.24) is 9.97 Å². The fourth-order valence-corrected chi connectivity index (χ4v) is 3.67. The number of anilines is 6. The van der Waals surface area contributed by atoms with Gasteiger partial charge in [-0.15, -0.1) is 0 Å². The molecular formula is C23H17N7O4. The summed E-state index contributed by atoms with van der Waals surface area (Å²) in [5, 5.41) is 31.4. The Kier molecular flexibility index (Phi) is 5.18. The molecule has 2 aromatic carbocycles. The molecule has 0 aliphatic carbocycles. The van der Waals surface area contributed by atoms with Gasteiger partial charge in [0.15, 0.2) is 6.20 Å². The summed E-state index contributed by atoms with van der Waals surface area (Å²) in [7, 11) is 0. The Morgan fingerprint density at radius 3 is 2.24 bits per heavy atom. The fourth-order valence-electron chi connectivity index (χ4n) is 3.67. The zero-order valence-corrected chi connectivity index (χ0v) is 17.6. The van der Waals surface area contributed by atoms with E-state index in [1.807, 2.05) is 36.4 Å². The van der Waals surface area contributed by atoms with E-state index < -0.39 is 9.85 Å². The molecule has 3 heterocycles. The molecule has 0 saturated carbocycles. The van der Waals surface area contributed by atoms with Crippen LogP contribution in [0.3, 0.4) is 0 Å². The largest absolute Gasteiger partial charge is 0.363 e. The molecule has 0 fully saturated rings. The first-order chi connectivity index (χ1) is 16.4. The van der Waals surface area contributed by atoms with Gasteiger partial charge in [-0.05, 0) is 63.5 Å². The van der Waals surface area contributed by atoms with Gasteiger partial charge in [-0.25, -0.2) is 4.98 Å². The number of rotatable bonds is 6. The van der Waals surface area contributed by atoms with E-state index in [-0.39, 0.29) is 11.5 Å². The van der Waals surface area contributed by atoms with Crippen molar-refractivity contribution >= 4 is 45.8 Å². The Labute approximate surface area is 192 Å². The van der Waals surface area contributed by atoms with E-state index in [0.717, 1.165) is 40.3 Å². The fraction of sp³-hybridized carbons (Fsp3) is 0.0435. The highest BCUT2D eigenvalue weighted by Crippen LogP contribution is 2.36. The molecule has 5 rings (SSSR count). The first kappa shape index (κ1) is 20.8. The number of aromatic nitrogens is 2. The first-order valence-corrected chi connectivity index (χ1v) is 10.2. The second-order valence-corrected chi connectivity index (χ2v) is 7.62. The van der Waals surface area contributed by atoms with Gasteiger partial charge in [0.05, 0.1) is 10.6 Å². The van der Waals surface area contributed by atoms with Gasteiger partial charge in [-0.3, -0.25) is 10.1 Å². The van der Waals surface area contributed by atoms with Crippen LogP contribution in [0, 0.1) is 20.2 Å². The molecule has 0 radical (unpaired) electrons. The lowest BCUT2D eigenvalue weighted by Crippen LogP contribution is -2.08. The summed E-state index contributed by atoms with van der Waals surface area (Å²) in [6, 6.07) is 17.8. The third-order valence-corrected chi connectivity index (χ3v) is 5.32. The SMILES string of the molecule is O=[N+]([O-])c1ccc(Nc2ccc3c(c2)Nc2ccc(Nc4ccc([N+](=O)[O-])nc4)cc2C3)nc1. The highest BCUT2D eigenvalue weighted by Gasteiger charge is 2.16. The maximum Gasteiger partial charge on any atom is 0.363 e. The number of fused-ring (bicyclic) bond motifs is 2. The molecule has 34 heavy (non-hydrogen) atoms. The van der Waals surface area contributed by atoms with E-state index in [1.54, 1.807) is 12.1 Å². The molecule has 168 valence electrons. The Morgan fingerprint density at radius 1 is 0.735 bits per heavy atom. The highest BCUT2D eigenvalue weighted by molar-refractivity contribution is 5.77. The maximum atomic E-state index is 10.8. The molecule has 11 nitrogen and oxygen atoms in total. The molecule has 1 aliphatic rings. The van der Waals surface area contributed by atoms with E-state index in [9.17, 15) is 20.2 Å². The monoisotopic (exact) mass is 455 g/mol. The summed E-state index contributed by atoms with van der Waals surface area (Å²) in [4.78, 5) is 28.4. The van der Waals surface area contributed by atoms with E-state index in [4.69, 9.17) is 0 Å². The lowest BCUT2D eigenvalue weighted by Gasteiger charge is -2.23. The molecule has 0 spiro atoms. The first-order valence-electron chi connectivity index (χ1n) is 10.2. The van der Waals surface area contributed by atoms with Crippen LogP contribution in [0.2, 0.25) is 0 Å². The van der Waals surface area contributed by atoms with Crippen molar-refractivity contribution < 1.29 is 9.85 Å². The van der Waals surface area contributed by atoms with Crippen LogP contribution in [-0.2, 0) is 6.42 Å². The number of nitrogens with zero attached hydrogens (tertiary/aromatic N) is 4. The topological polar surface area (TPSA) is 148 Å². The van der Waals surface area contributed by atoms with Crippen molar-refractivity contribution in [1.29, 1.82) is 0 Å². The van der Waals surface area contributed by atoms with Crippen molar-refractivity contribution in [2.75, 3.05) is 16.0 Å². The minimum absolute atomic E-state index is 0.0621. The minimum atomic E-state index is -0.533. The van der Waals surface area contributed by atoms with Gasteiger partial charge >= 0.3 is 5.82 Å². The van der Waals surface area contributed by atoms with Gasteiger partial charge < -0.3 is 26.1 Å². The summed E-state index contributed by atoms with van der Waals surface area (Å²) in [6.45, 7) is 0. The van der Waals surface area contributed by atoms with Crippen molar-refractivity contribution in [3.63, 3.8) is 0 Å². The molecule has 0 saturated heterocycles. The van der Waals surface area contributed by atoms with Crippen molar-refractivity contribution in [2.45, 2.75) is 6.42 Å². The highest BCUT2D eigenvalue weighted by atomic mass is 16.6. The van der Waals surface area contributed by atoms with E-state index in [1.165, 1.54) is 24.5 Å². The van der Waals surface area contributed by atoms with Crippen molar-refractivity contribution in [3.05, 3.63) is 104 Å². The number of hydrogen-bond acceptors (Lipinski definition) is 9. The smallest absolute Gasteiger partial charge is 0.358 e. The van der Waals surface area contributed by atoms with Gasteiger partial charge in [-0.1, -0.05) is 6.07 Å². The normalized spacial score (nSPS) is 11.5. The van der Waals surface area contributed by atoms with Crippen LogP contribution in [0.25, 0.3) is 0 Å². The van der Waals surface area contributed by atoms with Gasteiger partial charge in [0.2, 0.25) is 0 Å². The van der Waals surface area contributed by atoms with Gasteiger partial charge in [0.25, 0.3) is 5.69 Å². The predicted molar refractivity (Wildman–Crippen MR) is 127 cm³/mol. The molecule has 0 amide bonds. The number of hydrogen-bond donors (Lipinski definition) is 3. The number of nitro groups is 2. The average Bonchev–Trinajstić information content (AvgIpc) is 2.83. The molecule has 0 bridgehead atoms. The van der Waals surface area contributed by atoms with Crippen LogP contribution in [0.5, 0.6) is 0 Å². The van der Waals surface area contributed by atoms with Gasteiger partial charge in [0.1, 0.15) is 12.0 Å². The molecule has 1 aliphatic heterocycles. The van der Waals surface area contributed by atoms with Crippen LogP contribution >= 0.6 is 0 Å². The second-order valence-electron chi connectivity index (χ2n) is 7.62.